The standard InChI is InChI=1S/C12H13FN4/c1-6-4-8-10(5-9(6)13)15-11(7-2-3-7)16-12(8)17-14/h4-5,7H,2-3,14H2,1H3,(H,15,16,17). The number of nitrogens with two attached hydrogens (primary N) is 1. The van der Waals surface area contributed by atoms with Crippen molar-refractivity contribution in [2.24, 2.45) is 5.84 Å². The molecule has 0 radical (unpaired) electrons. The minimum absolute atomic E-state index is 0.249. The summed E-state index contributed by atoms with van der Waals surface area (Å²) >= 11 is 0. The fourth-order valence-corrected chi connectivity index (χ4v) is 1.91. The first-order valence-electron chi connectivity index (χ1n) is 5.63. The molecule has 5 heteroatoms. The van der Waals surface area contributed by atoms with E-state index < -0.39 is 0 Å². The molecule has 0 aliphatic heterocycles. The average Bonchev–Trinajstić information content (AvgIpc) is 3.13. The normalized spacial score (nSPS) is 15.2. The Hall–Kier alpha value is -1.75. The largest absolute Gasteiger partial charge is 0.308 e. The zero-order valence-corrected chi connectivity index (χ0v) is 9.50. The summed E-state index contributed by atoms with van der Waals surface area (Å²) in [6, 6.07) is 3.16. The molecule has 17 heavy (non-hydrogen) atoms. The van der Waals surface area contributed by atoms with E-state index in [1.54, 1.807) is 13.0 Å². The number of aryl methyl sites for hydroxylation is 1. The first-order valence-corrected chi connectivity index (χ1v) is 5.63. The molecule has 4 nitrogen and oxygen atoms in total. The molecule has 1 aromatic carbocycles. The van der Waals surface area contributed by atoms with Gasteiger partial charge in [0.25, 0.3) is 0 Å². The minimum Gasteiger partial charge on any atom is -0.308 e. The Morgan fingerprint density at radius 3 is 2.76 bits per heavy atom. The Morgan fingerprint density at radius 1 is 1.35 bits per heavy atom. The first kappa shape index (κ1) is 10.4. The molecule has 0 unspecified atom stereocenters. The maximum atomic E-state index is 13.5. The van der Waals surface area contributed by atoms with E-state index in [0.29, 0.717) is 22.8 Å². The molecule has 3 N–H and O–H groups in total. The Morgan fingerprint density at radius 2 is 2.12 bits per heavy atom. The van der Waals surface area contributed by atoms with Crippen molar-refractivity contribution in [2.75, 3.05) is 5.43 Å². The summed E-state index contributed by atoms with van der Waals surface area (Å²) in [5.74, 6) is 6.95. The van der Waals surface area contributed by atoms with Gasteiger partial charge in [0, 0.05) is 17.4 Å². The highest BCUT2D eigenvalue weighted by Gasteiger charge is 2.27. The lowest BCUT2D eigenvalue weighted by atomic mass is 10.1. The Balaban J connectivity index is 2.28. The molecule has 88 valence electrons. The highest BCUT2D eigenvalue weighted by atomic mass is 19.1. The van der Waals surface area contributed by atoms with E-state index in [1.165, 1.54) is 6.07 Å². The predicted octanol–water partition coefficient (Wildman–Crippen LogP) is 2.24. The number of benzene rings is 1. The zero-order chi connectivity index (χ0) is 12.0. The van der Waals surface area contributed by atoms with Crippen molar-refractivity contribution < 1.29 is 4.39 Å². The number of halogens is 1. The summed E-state index contributed by atoms with van der Waals surface area (Å²) in [6.45, 7) is 1.71. The number of aromatic nitrogens is 2. The quantitative estimate of drug-likeness (QED) is 0.615. The van der Waals surface area contributed by atoms with Crippen LogP contribution in [0.1, 0.15) is 30.1 Å². The van der Waals surface area contributed by atoms with Crippen LogP contribution in [0, 0.1) is 12.7 Å². The topological polar surface area (TPSA) is 63.8 Å². The summed E-state index contributed by atoms with van der Waals surface area (Å²) in [6.07, 6.45) is 2.20. The second-order valence-corrected chi connectivity index (χ2v) is 4.47. The molecule has 1 fully saturated rings. The van der Waals surface area contributed by atoms with Crippen LogP contribution in [0.25, 0.3) is 10.9 Å². The van der Waals surface area contributed by atoms with E-state index in [1.807, 2.05) is 0 Å². The number of nitrogens with zero attached hydrogens (tertiary/aromatic N) is 2. The second-order valence-electron chi connectivity index (χ2n) is 4.47. The van der Waals surface area contributed by atoms with Crippen LogP contribution < -0.4 is 11.3 Å². The lowest BCUT2D eigenvalue weighted by Gasteiger charge is -2.08. The molecule has 0 amide bonds. The van der Waals surface area contributed by atoms with Crippen molar-refractivity contribution in [1.29, 1.82) is 0 Å². The van der Waals surface area contributed by atoms with E-state index in [9.17, 15) is 4.39 Å². The fourth-order valence-electron chi connectivity index (χ4n) is 1.91. The van der Waals surface area contributed by atoms with Crippen molar-refractivity contribution in [3.8, 4) is 0 Å². The lowest BCUT2D eigenvalue weighted by molar-refractivity contribution is 0.620. The van der Waals surface area contributed by atoms with Crippen LogP contribution in [0.5, 0.6) is 0 Å². The lowest BCUT2D eigenvalue weighted by Crippen LogP contribution is -2.11. The molecule has 0 spiro atoms. The molecule has 3 rings (SSSR count). The van der Waals surface area contributed by atoms with Crippen LogP contribution >= 0.6 is 0 Å². The van der Waals surface area contributed by atoms with E-state index in [2.05, 4.69) is 15.4 Å². The van der Waals surface area contributed by atoms with Gasteiger partial charge < -0.3 is 5.43 Å². The molecule has 0 atom stereocenters. The molecule has 1 aliphatic rings. The molecule has 1 aromatic heterocycles. The third kappa shape index (κ3) is 1.72. The van der Waals surface area contributed by atoms with Crippen LogP contribution in [-0.2, 0) is 0 Å². The number of anilines is 1. The fraction of sp³-hybridized carbons (Fsp3) is 0.333. The molecule has 1 saturated carbocycles. The number of nitrogens with one attached hydrogen (secondary N) is 1. The van der Waals surface area contributed by atoms with Gasteiger partial charge in [-0.15, -0.1) is 0 Å². The number of rotatable bonds is 2. The number of hydrazine groups is 1. The molecule has 1 aliphatic carbocycles. The molecule has 2 aromatic rings. The third-order valence-corrected chi connectivity index (χ3v) is 3.07. The van der Waals surface area contributed by atoms with Crippen LogP contribution in [0.2, 0.25) is 0 Å². The van der Waals surface area contributed by atoms with Gasteiger partial charge in [0.05, 0.1) is 5.52 Å². The predicted molar refractivity (Wildman–Crippen MR) is 64.0 cm³/mol. The SMILES string of the molecule is Cc1cc2c(NN)nc(C3CC3)nc2cc1F. The van der Waals surface area contributed by atoms with Crippen molar-refractivity contribution in [2.45, 2.75) is 25.7 Å². The van der Waals surface area contributed by atoms with Gasteiger partial charge in [0.15, 0.2) is 5.82 Å². The van der Waals surface area contributed by atoms with Crippen LogP contribution in [0.4, 0.5) is 10.2 Å². The van der Waals surface area contributed by atoms with Crippen molar-refractivity contribution in [1.82, 2.24) is 9.97 Å². The van der Waals surface area contributed by atoms with E-state index in [-0.39, 0.29) is 5.82 Å². The van der Waals surface area contributed by atoms with Gasteiger partial charge >= 0.3 is 0 Å². The molecular weight excluding hydrogens is 219 g/mol. The summed E-state index contributed by atoms with van der Waals surface area (Å²) in [5, 5.41) is 0.760. The highest BCUT2D eigenvalue weighted by molar-refractivity contribution is 5.89. The van der Waals surface area contributed by atoms with Crippen LogP contribution in [-0.4, -0.2) is 9.97 Å². The maximum absolute atomic E-state index is 13.5. The van der Waals surface area contributed by atoms with E-state index >= 15 is 0 Å². The van der Waals surface area contributed by atoms with Crippen molar-refractivity contribution >= 4 is 16.7 Å². The third-order valence-electron chi connectivity index (χ3n) is 3.07. The Bertz CT molecular complexity index is 593. The number of fused-ring (bicyclic) bond motifs is 1. The number of hydrogen-bond donors (Lipinski definition) is 2. The van der Waals surface area contributed by atoms with Gasteiger partial charge in [-0.05, 0) is 31.4 Å². The van der Waals surface area contributed by atoms with E-state index in [4.69, 9.17) is 5.84 Å². The van der Waals surface area contributed by atoms with Gasteiger partial charge in [0.2, 0.25) is 0 Å². The second kappa shape index (κ2) is 3.63. The van der Waals surface area contributed by atoms with Crippen molar-refractivity contribution in [3.05, 3.63) is 29.3 Å². The molecular formula is C12H13FN4. The minimum atomic E-state index is -0.249. The summed E-state index contributed by atoms with van der Waals surface area (Å²) in [5.41, 5.74) is 3.74. The van der Waals surface area contributed by atoms with Crippen LogP contribution in [0.15, 0.2) is 12.1 Å². The molecule has 0 saturated heterocycles. The van der Waals surface area contributed by atoms with Gasteiger partial charge in [-0.25, -0.2) is 20.2 Å². The summed E-state index contributed by atoms with van der Waals surface area (Å²) < 4.78 is 13.5. The maximum Gasteiger partial charge on any atom is 0.151 e. The average molecular weight is 232 g/mol. The molecule has 1 heterocycles. The molecule has 0 bridgehead atoms. The Kier molecular flexibility index (Phi) is 2.22. The van der Waals surface area contributed by atoms with Gasteiger partial charge in [0.1, 0.15) is 11.6 Å². The highest BCUT2D eigenvalue weighted by Crippen LogP contribution is 2.39. The monoisotopic (exact) mass is 232 g/mol. The first-order chi connectivity index (χ1) is 8.19. The van der Waals surface area contributed by atoms with Crippen LogP contribution in [0.3, 0.4) is 0 Å². The van der Waals surface area contributed by atoms with Gasteiger partial charge in [-0.3, -0.25) is 0 Å². The summed E-state index contributed by atoms with van der Waals surface area (Å²) in [7, 11) is 0. The van der Waals surface area contributed by atoms with Crippen molar-refractivity contribution in [3.63, 3.8) is 0 Å². The van der Waals surface area contributed by atoms with Gasteiger partial charge in [-0.1, -0.05) is 0 Å². The summed E-state index contributed by atoms with van der Waals surface area (Å²) in [4.78, 5) is 8.78. The Labute approximate surface area is 98.0 Å². The van der Waals surface area contributed by atoms with Gasteiger partial charge in [-0.2, -0.15) is 0 Å². The zero-order valence-electron chi connectivity index (χ0n) is 9.50. The smallest absolute Gasteiger partial charge is 0.151 e. The number of hydrogen-bond acceptors (Lipinski definition) is 4. The number of nitrogen functional groups attached to an aromatic ring is 1. The van der Waals surface area contributed by atoms with E-state index in [0.717, 1.165) is 24.1 Å².